The molecule has 0 aromatic rings. The first kappa shape index (κ1) is 21.3. The zero-order valence-corrected chi connectivity index (χ0v) is 17.1. The van der Waals surface area contributed by atoms with Gasteiger partial charge in [-0.1, -0.05) is 0 Å². The van der Waals surface area contributed by atoms with Crippen LogP contribution in [0, 0.1) is 5.92 Å². The summed E-state index contributed by atoms with van der Waals surface area (Å²) in [5, 5.41) is 22.7. The minimum atomic E-state index is -0.283. The number of rotatable bonds is 6. The average Bonchev–Trinajstić information content (AvgIpc) is 2.64. The van der Waals surface area contributed by atoms with E-state index in [0.717, 1.165) is 32.2 Å². The summed E-state index contributed by atoms with van der Waals surface area (Å²) in [6, 6.07) is 1.05. The maximum absolute atomic E-state index is 12.5. The van der Waals surface area contributed by atoms with Crippen molar-refractivity contribution in [2.75, 3.05) is 19.6 Å². The van der Waals surface area contributed by atoms with Crippen molar-refractivity contribution in [1.29, 1.82) is 0 Å². The smallest absolute Gasteiger partial charge is 0.317 e. The SMILES string of the molecule is CC(=O)NCCNC1CC(C)NC(NC(=O)NC2CCC3NCCCC3C2)N1. The number of piperidine rings is 1. The number of amides is 3. The van der Waals surface area contributed by atoms with Gasteiger partial charge in [-0.05, 0) is 57.9 Å². The van der Waals surface area contributed by atoms with Crippen LogP contribution in [0.4, 0.5) is 4.79 Å². The van der Waals surface area contributed by atoms with E-state index in [1.54, 1.807) is 0 Å². The minimum Gasteiger partial charge on any atom is -0.355 e. The Balaban J connectivity index is 1.38. The van der Waals surface area contributed by atoms with Gasteiger partial charge in [0.15, 0.2) is 0 Å². The van der Waals surface area contributed by atoms with Gasteiger partial charge in [-0.2, -0.15) is 0 Å². The molecule has 2 aliphatic heterocycles. The molecule has 1 saturated carbocycles. The highest BCUT2D eigenvalue weighted by molar-refractivity contribution is 5.74. The fourth-order valence-electron chi connectivity index (χ4n) is 4.73. The molecule has 28 heavy (non-hydrogen) atoms. The van der Waals surface area contributed by atoms with Crippen LogP contribution in [0.1, 0.15) is 52.4 Å². The summed E-state index contributed by atoms with van der Waals surface area (Å²) in [5.74, 6) is 0.665. The second-order valence-electron chi connectivity index (χ2n) is 8.48. The molecule has 9 nitrogen and oxygen atoms in total. The molecule has 2 heterocycles. The molecule has 0 aromatic heterocycles. The lowest BCUT2D eigenvalue weighted by molar-refractivity contribution is -0.118. The van der Waals surface area contributed by atoms with Crippen molar-refractivity contribution in [3.63, 3.8) is 0 Å². The van der Waals surface area contributed by atoms with Gasteiger partial charge in [0.05, 0.1) is 6.17 Å². The Morgan fingerprint density at radius 2 is 1.89 bits per heavy atom. The summed E-state index contributed by atoms with van der Waals surface area (Å²) in [7, 11) is 0. The van der Waals surface area contributed by atoms with Crippen molar-refractivity contribution >= 4 is 11.9 Å². The van der Waals surface area contributed by atoms with E-state index in [1.165, 1.54) is 19.8 Å². The van der Waals surface area contributed by atoms with Gasteiger partial charge in [-0.25, -0.2) is 4.79 Å². The summed E-state index contributed by atoms with van der Waals surface area (Å²) < 4.78 is 0. The molecule has 6 unspecified atom stereocenters. The molecule has 9 heteroatoms. The molecular formula is C19H37N7O2. The third-order valence-electron chi connectivity index (χ3n) is 6.05. The first-order chi connectivity index (χ1) is 13.5. The van der Waals surface area contributed by atoms with E-state index in [1.807, 2.05) is 0 Å². The number of hydrogen-bond donors (Lipinski definition) is 7. The molecule has 1 aliphatic carbocycles. The Labute approximate surface area is 167 Å². The Morgan fingerprint density at radius 3 is 2.71 bits per heavy atom. The van der Waals surface area contributed by atoms with Gasteiger partial charge in [0, 0.05) is 38.1 Å². The fraction of sp³-hybridized carbons (Fsp3) is 0.895. The van der Waals surface area contributed by atoms with E-state index in [4.69, 9.17) is 0 Å². The number of hydrogen-bond acceptors (Lipinski definition) is 6. The Morgan fingerprint density at radius 1 is 1.04 bits per heavy atom. The molecule has 160 valence electrons. The summed E-state index contributed by atoms with van der Waals surface area (Å²) in [6.45, 7) is 6.03. The first-order valence-corrected chi connectivity index (χ1v) is 10.8. The molecule has 3 aliphatic rings. The van der Waals surface area contributed by atoms with E-state index in [0.29, 0.717) is 25.0 Å². The topological polar surface area (TPSA) is 118 Å². The molecule has 3 amide bonds. The van der Waals surface area contributed by atoms with Crippen molar-refractivity contribution in [1.82, 2.24) is 37.2 Å². The number of nitrogens with one attached hydrogen (secondary N) is 7. The van der Waals surface area contributed by atoms with Gasteiger partial charge in [0.2, 0.25) is 5.91 Å². The number of carbonyl (C=O) groups is 2. The third kappa shape index (κ3) is 6.58. The summed E-state index contributed by atoms with van der Waals surface area (Å²) >= 11 is 0. The Hall–Kier alpha value is -1.42. The first-order valence-electron chi connectivity index (χ1n) is 10.8. The van der Waals surface area contributed by atoms with Gasteiger partial charge >= 0.3 is 6.03 Å². The van der Waals surface area contributed by atoms with Crippen LogP contribution in [-0.4, -0.2) is 62.2 Å². The van der Waals surface area contributed by atoms with Gasteiger partial charge in [0.25, 0.3) is 0 Å². The van der Waals surface area contributed by atoms with E-state index >= 15 is 0 Å². The van der Waals surface area contributed by atoms with Crippen LogP contribution in [0.15, 0.2) is 0 Å². The van der Waals surface area contributed by atoms with Crippen molar-refractivity contribution in [2.24, 2.45) is 5.92 Å². The lowest BCUT2D eigenvalue weighted by atomic mass is 9.77. The number of fused-ring (bicyclic) bond motifs is 1. The van der Waals surface area contributed by atoms with Gasteiger partial charge in [-0.15, -0.1) is 0 Å². The van der Waals surface area contributed by atoms with Crippen LogP contribution in [0.3, 0.4) is 0 Å². The van der Waals surface area contributed by atoms with Crippen LogP contribution in [0.5, 0.6) is 0 Å². The predicted octanol–water partition coefficient (Wildman–Crippen LogP) is -0.487. The molecule has 3 fully saturated rings. The minimum absolute atomic E-state index is 0.0253. The summed E-state index contributed by atoms with van der Waals surface area (Å²) in [5.41, 5.74) is 0. The molecule has 0 radical (unpaired) electrons. The van der Waals surface area contributed by atoms with E-state index in [2.05, 4.69) is 44.1 Å². The van der Waals surface area contributed by atoms with Gasteiger partial charge in [0.1, 0.15) is 6.29 Å². The fourth-order valence-corrected chi connectivity index (χ4v) is 4.73. The van der Waals surface area contributed by atoms with Crippen molar-refractivity contribution < 1.29 is 9.59 Å². The summed E-state index contributed by atoms with van der Waals surface area (Å²) in [4.78, 5) is 23.4. The highest BCUT2D eigenvalue weighted by Gasteiger charge is 2.33. The third-order valence-corrected chi connectivity index (χ3v) is 6.05. The zero-order valence-electron chi connectivity index (χ0n) is 17.1. The second kappa shape index (κ2) is 10.4. The standard InChI is InChI=1S/C19H37N7O2/c1-12-10-17(22-9-8-20-13(2)27)25-18(23-12)26-19(28)24-15-5-6-16-14(11-15)4-3-7-21-16/h12,14-18,21-23,25H,3-11H2,1-2H3,(H,20,27)(H2,24,26,28). The lowest BCUT2D eigenvalue weighted by Crippen LogP contribution is -2.68. The molecular weight excluding hydrogens is 358 g/mol. The van der Waals surface area contributed by atoms with Crippen LogP contribution < -0.4 is 37.2 Å². The highest BCUT2D eigenvalue weighted by Crippen LogP contribution is 2.30. The highest BCUT2D eigenvalue weighted by atomic mass is 16.2. The molecule has 2 saturated heterocycles. The van der Waals surface area contributed by atoms with Crippen LogP contribution in [0.25, 0.3) is 0 Å². The maximum Gasteiger partial charge on any atom is 0.317 e. The quantitative estimate of drug-likeness (QED) is 0.305. The molecule has 0 spiro atoms. The normalized spacial score (nSPS) is 35.5. The van der Waals surface area contributed by atoms with E-state index in [-0.39, 0.29) is 36.5 Å². The van der Waals surface area contributed by atoms with Crippen LogP contribution >= 0.6 is 0 Å². The summed E-state index contributed by atoms with van der Waals surface area (Å²) in [6.07, 6.45) is 6.47. The van der Waals surface area contributed by atoms with Crippen molar-refractivity contribution in [3.05, 3.63) is 0 Å². The molecule has 7 N–H and O–H groups in total. The zero-order chi connectivity index (χ0) is 19.9. The second-order valence-corrected chi connectivity index (χ2v) is 8.48. The maximum atomic E-state index is 12.5. The predicted molar refractivity (Wildman–Crippen MR) is 108 cm³/mol. The lowest BCUT2D eigenvalue weighted by Gasteiger charge is -2.40. The Bertz CT molecular complexity index is 532. The van der Waals surface area contributed by atoms with E-state index in [9.17, 15) is 9.59 Å². The van der Waals surface area contributed by atoms with Crippen molar-refractivity contribution in [3.8, 4) is 0 Å². The van der Waals surface area contributed by atoms with Gasteiger partial charge < -0.3 is 26.6 Å². The molecule has 3 rings (SSSR count). The monoisotopic (exact) mass is 395 g/mol. The van der Waals surface area contributed by atoms with Gasteiger partial charge in [-0.3, -0.25) is 15.4 Å². The number of urea groups is 1. The van der Waals surface area contributed by atoms with Crippen LogP contribution in [-0.2, 0) is 4.79 Å². The molecule has 0 bridgehead atoms. The van der Waals surface area contributed by atoms with E-state index < -0.39 is 0 Å². The largest absolute Gasteiger partial charge is 0.355 e. The van der Waals surface area contributed by atoms with Crippen molar-refractivity contribution in [2.45, 2.75) is 83.0 Å². The molecule has 0 aromatic carbocycles. The Kier molecular flexibility index (Phi) is 7.90. The average molecular weight is 396 g/mol. The number of carbonyl (C=O) groups excluding carboxylic acids is 2. The molecule has 6 atom stereocenters. The van der Waals surface area contributed by atoms with Crippen LogP contribution in [0.2, 0.25) is 0 Å².